The van der Waals surface area contributed by atoms with Crippen LogP contribution in [0.1, 0.15) is 73.1 Å². The van der Waals surface area contributed by atoms with E-state index in [1.54, 1.807) is 0 Å². The van der Waals surface area contributed by atoms with Gasteiger partial charge in [-0.3, -0.25) is 14.2 Å². The van der Waals surface area contributed by atoms with Gasteiger partial charge in [-0.1, -0.05) is 66.9 Å². The first-order valence-corrected chi connectivity index (χ1v) is 13.6. The van der Waals surface area contributed by atoms with Gasteiger partial charge in [-0.15, -0.1) is 10.2 Å². The molecule has 1 amide bonds. The average Bonchev–Trinajstić information content (AvgIpc) is 3.29. The molecule has 2 aromatic carbocycles. The number of nitrogens with one attached hydrogen (secondary N) is 1. The van der Waals surface area contributed by atoms with Gasteiger partial charge in [-0.2, -0.15) is 0 Å². The monoisotopic (exact) mass is 510 g/mol. The third kappa shape index (κ3) is 6.95. The second-order valence-electron chi connectivity index (χ2n) is 8.97. The number of carbonyl (C=O) groups excluding carboxylic acids is 2. The lowest BCUT2D eigenvalue weighted by atomic mass is 9.84. The van der Waals surface area contributed by atoms with E-state index in [1.807, 2.05) is 41.0 Å². The highest BCUT2D eigenvalue weighted by atomic mass is 35.5. The van der Waals surface area contributed by atoms with Crippen LogP contribution in [-0.4, -0.2) is 38.8 Å². The zero-order valence-corrected chi connectivity index (χ0v) is 21.6. The number of aromatic nitrogens is 3. The van der Waals surface area contributed by atoms with Crippen molar-refractivity contribution in [2.75, 3.05) is 12.3 Å². The Balaban J connectivity index is 1.44. The summed E-state index contributed by atoms with van der Waals surface area (Å²) in [6.07, 6.45) is 7.81. The first kappa shape index (κ1) is 25.5. The standard InChI is InChI=1S/C27H31ClN4O2S/c1-19(33)29-17-5-8-26-30-31-27(32(26)24-15-13-23(28)14-16-24)35-18-25(34)22-11-9-21(10-12-22)20-6-3-2-4-7-20/h9-16,20H,2-8,17-18H2,1H3,(H,29,33). The van der Waals surface area contributed by atoms with Crippen LogP contribution in [0.3, 0.4) is 0 Å². The van der Waals surface area contributed by atoms with E-state index < -0.39 is 0 Å². The molecule has 3 aromatic rings. The van der Waals surface area contributed by atoms with Crippen LogP contribution in [-0.2, 0) is 11.2 Å². The summed E-state index contributed by atoms with van der Waals surface area (Å²) < 4.78 is 1.97. The van der Waals surface area contributed by atoms with Crippen LogP contribution in [0.4, 0.5) is 0 Å². The first-order chi connectivity index (χ1) is 17.0. The molecule has 0 atom stereocenters. The molecule has 1 N–H and O–H groups in total. The number of amides is 1. The van der Waals surface area contributed by atoms with E-state index in [1.165, 1.54) is 56.4 Å². The summed E-state index contributed by atoms with van der Waals surface area (Å²) in [5.74, 6) is 1.71. The minimum Gasteiger partial charge on any atom is -0.356 e. The zero-order chi connectivity index (χ0) is 24.6. The van der Waals surface area contributed by atoms with Crippen molar-refractivity contribution in [1.82, 2.24) is 20.1 Å². The van der Waals surface area contributed by atoms with Gasteiger partial charge in [0.05, 0.1) is 5.75 Å². The molecule has 1 aliphatic carbocycles. The van der Waals surface area contributed by atoms with Crippen LogP contribution in [0.2, 0.25) is 5.02 Å². The molecule has 184 valence electrons. The van der Waals surface area contributed by atoms with Crippen molar-refractivity contribution in [2.45, 2.75) is 62.9 Å². The number of thioether (sulfide) groups is 1. The van der Waals surface area contributed by atoms with Crippen LogP contribution in [0.25, 0.3) is 5.69 Å². The first-order valence-electron chi connectivity index (χ1n) is 12.2. The summed E-state index contributed by atoms with van der Waals surface area (Å²) in [4.78, 5) is 24.1. The number of nitrogens with zero attached hydrogens (tertiary/aromatic N) is 3. The minimum absolute atomic E-state index is 0.0503. The second kappa shape index (κ2) is 12.4. The Kier molecular flexibility index (Phi) is 8.99. The van der Waals surface area contributed by atoms with Crippen LogP contribution in [0.15, 0.2) is 53.7 Å². The van der Waals surface area contributed by atoms with E-state index in [0.717, 1.165) is 23.5 Å². The van der Waals surface area contributed by atoms with Gasteiger partial charge in [0.15, 0.2) is 10.9 Å². The molecule has 1 aliphatic rings. The number of ketones is 1. The molecule has 35 heavy (non-hydrogen) atoms. The number of carbonyl (C=O) groups is 2. The maximum absolute atomic E-state index is 12.9. The molecule has 1 aromatic heterocycles. The van der Waals surface area contributed by atoms with Gasteiger partial charge in [0.25, 0.3) is 0 Å². The fraction of sp³-hybridized carbons (Fsp3) is 0.407. The Bertz CT molecular complexity index is 1140. The lowest BCUT2D eigenvalue weighted by Crippen LogP contribution is -2.21. The molecular weight excluding hydrogens is 480 g/mol. The molecule has 1 saturated carbocycles. The topological polar surface area (TPSA) is 76.9 Å². The minimum atomic E-state index is -0.0503. The van der Waals surface area contributed by atoms with Crippen molar-refractivity contribution < 1.29 is 9.59 Å². The SMILES string of the molecule is CC(=O)NCCCc1nnc(SCC(=O)c2ccc(C3CCCCC3)cc2)n1-c1ccc(Cl)cc1. The Hall–Kier alpha value is -2.64. The second-order valence-corrected chi connectivity index (χ2v) is 10.3. The Morgan fingerprint density at radius 2 is 1.74 bits per heavy atom. The number of benzene rings is 2. The molecule has 0 bridgehead atoms. The Morgan fingerprint density at radius 1 is 1.03 bits per heavy atom. The van der Waals surface area contributed by atoms with Gasteiger partial charge in [0, 0.05) is 36.2 Å². The molecule has 0 aliphatic heterocycles. The summed E-state index contributed by atoms with van der Waals surface area (Å²) >= 11 is 7.47. The molecule has 0 saturated heterocycles. The molecule has 8 heteroatoms. The van der Waals surface area contributed by atoms with Crippen molar-refractivity contribution in [3.63, 3.8) is 0 Å². The molecular formula is C27H31ClN4O2S. The van der Waals surface area contributed by atoms with E-state index in [-0.39, 0.29) is 17.4 Å². The Morgan fingerprint density at radius 3 is 2.43 bits per heavy atom. The number of Topliss-reactive ketones (excluding diaryl/α,β-unsaturated/α-hetero) is 1. The van der Waals surface area contributed by atoms with Gasteiger partial charge in [0.1, 0.15) is 5.82 Å². The van der Waals surface area contributed by atoms with E-state index in [9.17, 15) is 9.59 Å². The normalized spacial score (nSPS) is 14.1. The van der Waals surface area contributed by atoms with Crippen LogP contribution in [0.5, 0.6) is 0 Å². The van der Waals surface area contributed by atoms with Crippen molar-refractivity contribution >= 4 is 35.1 Å². The summed E-state index contributed by atoms with van der Waals surface area (Å²) in [5, 5.41) is 12.9. The third-order valence-corrected chi connectivity index (χ3v) is 7.56. The quantitative estimate of drug-likeness (QED) is 0.205. The van der Waals surface area contributed by atoms with Crippen molar-refractivity contribution in [2.24, 2.45) is 0 Å². The van der Waals surface area contributed by atoms with Gasteiger partial charge in [-0.05, 0) is 55.0 Å². The maximum atomic E-state index is 12.9. The number of aryl methyl sites for hydroxylation is 1. The fourth-order valence-corrected chi connectivity index (χ4v) is 5.50. The van der Waals surface area contributed by atoms with Gasteiger partial charge in [0.2, 0.25) is 5.91 Å². The number of hydrogen-bond donors (Lipinski definition) is 1. The molecule has 1 fully saturated rings. The van der Waals surface area contributed by atoms with Crippen LogP contribution in [0, 0.1) is 0 Å². The third-order valence-electron chi connectivity index (χ3n) is 6.38. The highest BCUT2D eigenvalue weighted by molar-refractivity contribution is 7.99. The summed E-state index contributed by atoms with van der Waals surface area (Å²) in [5.41, 5.74) is 2.96. The maximum Gasteiger partial charge on any atom is 0.216 e. The largest absolute Gasteiger partial charge is 0.356 e. The summed E-state index contributed by atoms with van der Waals surface area (Å²) in [6.45, 7) is 2.08. The van der Waals surface area contributed by atoms with Crippen LogP contribution >= 0.6 is 23.4 Å². The summed E-state index contributed by atoms with van der Waals surface area (Å²) in [6, 6.07) is 15.7. The average molecular weight is 511 g/mol. The van der Waals surface area contributed by atoms with Crippen molar-refractivity contribution in [3.8, 4) is 5.69 Å². The predicted octanol–water partition coefficient (Wildman–Crippen LogP) is 6.01. The summed E-state index contributed by atoms with van der Waals surface area (Å²) in [7, 11) is 0. The molecule has 4 rings (SSSR count). The lowest BCUT2D eigenvalue weighted by Gasteiger charge is -2.22. The number of halogens is 1. The lowest BCUT2D eigenvalue weighted by molar-refractivity contribution is -0.118. The molecule has 0 radical (unpaired) electrons. The van der Waals surface area contributed by atoms with E-state index in [2.05, 4.69) is 27.6 Å². The molecule has 0 unspecified atom stereocenters. The van der Waals surface area contributed by atoms with Crippen LogP contribution < -0.4 is 5.32 Å². The van der Waals surface area contributed by atoms with E-state index in [0.29, 0.717) is 29.1 Å². The molecule has 1 heterocycles. The van der Waals surface area contributed by atoms with Gasteiger partial charge in [-0.25, -0.2) is 0 Å². The number of hydrogen-bond acceptors (Lipinski definition) is 5. The van der Waals surface area contributed by atoms with Crippen molar-refractivity contribution in [3.05, 3.63) is 70.5 Å². The zero-order valence-electron chi connectivity index (χ0n) is 20.0. The smallest absolute Gasteiger partial charge is 0.216 e. The molecule has 0 spiro atoms. The van der Waals surface area contributed by atoms with E-state index >= 15 is 0 Å². The van der Waals surface area contributed by atoms with E-state index in [4.69, 9.17) is 11.6 Å². The highest BCUT2D eigenvalue weighted by Crippen LogP contribution is 2.33. The van der Waals surface area contributed by atoms with Crippen molar-refractivity contribution in [1.29, 1.82) is 0 Å². The van der Waals surface area contributed by atoms with Gasteiger partial charge >= 0.3 is 0 Å². The predicted molar refractivity (Wildman–Crippen MR) is 141 cm³/mol. The molecule has 6 nitrogen and oxygen atoms in total. The van der Waals surface area contributed by atoms with Gasteiger partial charge < -0.3 is 5.32 Å². The number of rotatable bonds is 10. The fourth-order valence-electron chi connectivity index (χ4n) is 4.51. The Labute approximate surface area is 215 Å². The highest BCUT2D eigenvalue weighted by Gasteiger charge is 2.18.